The van der Waals surface area contributed by atoms with Gasteiger partial charge in [0.15, 0.2) is 0 Å². The molecular weight excluding hydrogens is 273 g/mol. The van der Waals surface area contributed by atoms with Crippen LogP contribution in [0.3, 0.4) is 0 Å². The Kier molecular flexibility index (Phi) is 4.77. The van der Waals surface area contributed by atoms with E-state index in [1.807, 2.05) is 0 Å². The van der Waals surface area contributed by atoms with Crippen LogP contribution in [0.1, 0.15) is 26.2 Å². The summed E-state index contributed by atoms with van der Waals surface area (Å²) in [7, 11) is 0. The molecule has 0 aromatic heterocycles. The number of halogens is 1. The minimum absolute atomic E-state index is 0.00146. The molecule has 0 spiro atoms. The highest BCUT2D eigenvalue weighted by Gasteiger charge is 2.22. The van der Waals surface area contributed by atoms with Gasteiger partial charge >= 0.3 is 0 Å². The average Bonchev–Trinajstić information content (AvgIpc) is 2.57. The monoisotopic (exact) mass is 293 g/mol. The van der Waals surface area contributed by atoms with Crippen molar-refractivity contribution < 1.29 is 14.0 Å². The number of nitrogens with zero attached hydrogens (tertiary/aromatic N) is 1. The standard InChI is InChI=1S/C15H20FN3O2/c1-10-2-5-15(21)19(7-6-10)9-14(20)18-13-4-3-11(16)8-12(13)17/h3-4,8,10H,2,5-7,9,17H2,1H3,(H,18,20). The van der Waals surface area contributed by atoms with Crippen LogP contribution in [0.4, 0.5) is 15.8 Å². The Labute approximate surface area is 123 Å². The molecule has 1 aromatic carbocycles. The highest BCUT2D eigenvalue weighted by Crippen LogP contribution is 2.20. The topological polar surface area (TPSA) is 75.4 Å². The first-order valence-electron chi connectivity index (χ1n) is 7.08. The summed E-state index contributed by atoms with van der Waals surface area (Å²) in [6.45, 7) is 2.70. The molecule has 114 valence electrons. The molecule has 0 saturated carbocycles. The van der Waals surface area contributed by atoms with E-state index in [0.29, 0.717) is 24.6 Å². The zero-order chi connectivity index (χ0) is 15.4. The first-order valence-corrected chi connectivity index (χ1v) is 7.08. The number of hydrogen-bond acceptors (Lipinski definition) is 3. The van der Waals surface area contributed by atoms with Crippen LogP contribution >= 0.6 is 0 Å². The van der Waals surface area contributed by atoms with Crippen molar-refractivity contribution in [1.29, 1.82) is 0 Å². The molecule has 2 amide bonds. The highest BCUT2D eigenvalue weighted by atomic mass is 19.1. The number of nitrogen functional groups attached to an aromatic ring is 1. The SMILES string of the molecule is CC1CCC(=O)N(CC(=O)Nc2ccc(F)cc2N)CC1. The Balaban J connectivity index is 1.96. The van der Waals surface area contributed by atoms with Crippen LogP contribution in [0.2, 0.25) is 0 Å². The lowest BCUT2D eigenvalue weighted by molar-refractivity contribution is -0.134. The molecular formula is C15H20FN3O2. The zero-order valence-corrected chi connectivity index (χ0v) is 12.1. The van der Waals surface area contributed by atoms with Crippen LogP contribution in [-0.2, 0) is 9.59 Å². The molecule has 1 aromatic rings. The molecule has 3 N–H and O–H groups in total. The molecule has 1 saturated heterocycles. The summed E-state index contributed by atoms with van der Waals surface area (Å²) in [5, 5.41) is 2.61. The second-order valence-electron chi connectivity index (χ2n) is 5.53. The van der Waals surface area contributed by atoms with Gasteiger partial charge in [0.25, 0.3) is 0 Å². The number of anilines is 2. The zero-order valence-electron chi connectivity index (χ0n) is 12.1. The third-order valence-corrected chi connectivity index (χ3v) is 3.72. The van der Waals surface area contributed by atoms with E-state index in [-0.39, 0.29) is 24.0 Å². The summed E-state index contributed by atoms with van der Waals surface area (Å²) in [5.74, 6) is -0.283. The minimum Gasteiger partial charge on any atom is -0.397 e. The van der Waals surface area contributed by atoms with E-state index < -0.39 is 5.82 Å². The predicted octanol–water partition coefficient (Wildman–Crippen LogP) is 2.00. The molecule has 21 heavy (non-hydrogen) atoms. The van der Waals surface area contributed by atoms with Gasteiger partial charge in [-0.15, -0.1) is 0 Å². The largest absolute Gasteiger partial charge is 0.397 e. The van der Waals surface area contributed by atoms with Gasteiger partial charge in [-0.05, 0) is 37.0 Å². The lowest BCUT2D eigenvalue weighted by Gasteiger charge is -2.20. The Morgan fingerprint density at radius 3 is 2.95 bits per heavy atom. The quantitative estimate of drug-likeness (QED) is 0.837. The van der Waals surface area contributed by atoms with E-state index in [1.165, 1.54) is 12.1 Å². The fourth-order valence-electron chi connectivity index (χ4n) is 2.35. The van der Waals surface area contributed by atoms with Gasteiger partial charge < -0.3 is 16.0 Å². The molecule has 1 aliphatic heterocycles. The number of nitrogens with two attached hydrogens (primary N) is 1. The Bertz CT molecular complexity index is 548. The first kappa shape index (κ1) is 15.3. The van der Waals surface area contributed by atoms with Crippen molar-refractivity contribution in [2.45, 2.75) is 26.2 Å². The lowest BCUT2D eigenvalue weighted by Crippen LogP contribution is -2.37. The van der Waals surface area contributed by atoms with Gasteiger partial charge in [0.05, 0.1) is 17.9 Å². The molecule has 0 radical (unpaired) electrons. The maximum Gasteiger partial charge on any atom is 0.244 e. The number of hydrogen-bond donors (Lipinski definition) is 2. The third-order valence-electron chi connectivity index (χ3n) is 3.72. The highest BCUT2D eigenvalue weighted by molar-refractivity contribution is 5.96. The minimum atomic E-state index is -0.456. The summed E-state index contributed by atoms with van der Waals surface area (Å²) in [5.41, 5.74) is 6.16. The van der Waals surface area contributed by atoms with Gasteiger partial charge in [0.1, 0.15) is 5.82 Å². The van der Waals surface area contributed by atoms with Crippen molar-refractivity contribution in [1.82, 2.24) is 4.90 Å². The number of likely N-dealkylation sites (tertiary alicyclic amines) is 1. The normalized spacial score (nSPS) is 19.2. The van der Waals surface area contributed by atoms with E-state index in [9.17, 15) is 14.0 Å². The van der Waals surface area contributed by atoms with Crippen molar-refractivity contribution in [3.05, 3.63) is 24.0 Å². The van der Waals surface area contributed by atoms with Gasteiger partial charge in [0.2, 0.25) is 11.8 Å². The molecule has 0 aliphatic carbocycles. The summed E-state index contributed by atoms with van der Waals surface area (Å²) < 4.78 is 12.9. The van der Waals surface area contributed by atoms with E-state index >= 15 is 0 Å². The number of rotatable bonds is 3. The van der Waals surface area contributed by atoms with Gasteiger partial charge in [-0.3, -0.25) is 9.59 Å². The van der Waals surface area contributed by atoms with Crippen LogP contribution in [0, 0.1) is 11.7 Å². The second kappa shape index (κ2) is 6.56. The van der Waals surface area contributed by atoms with Gasteiger partial charge in [-0.25, -0.2) is 4.39 Å². The van der Waals surface area contributed by atoms with Gasteiger partial charge in [-0.1, -0.05) is 6.92 Å². The molecule has 1 fully saturated rings. The summed E-state index contributed by atoms with van der Waals surface area (Å²) in [4.78, 5) is 25.5. The van der Waals surface area contributed by atoms with Crippen LogP contribution in [0.25, 0.3) is 0 Å². The molecule has 5 nitrogen and oxygen atoms in total. The van der Waals surface area contributed by atoms with Crippen LogP contribution in [0.5, 0.6) is 0 Å². The maximum absolute atomic E-state index is 12.9. The van der Waals surface area contributed by atoms with Gasteiger partial charge in [-0.2, -0.15) is 0 Å². The van der Waals surface area contributed by atoms with E-state index in [0.717, 1.165) is 18.9 Å². The molecule has 1 atom stereocenters. The Morgan fingerprint density at radius 1 is 1.48 bits per heavy atom. The van der Waals surface area contributed by atoms with Crippen molar-refractivity contribution in [3.8, 4) is 0 Å². The average molecular weight is 293 g/mol. The van der Waals surface area contributed by atoms with Crippen molar-refractivity contribution >= 4 is 23.2 Å². The molecule has 0 bridgehead atoms. The second-order valence-corrected chi connectivity index (χ2v) is 5.53. The van der Waals surface area contributed by atoms with E-state index in [1.54, 1.807) is 4.90 Å². The number of carbonyl (C=O) groups excluding carboxylic acids is 2. The summed E-state index contributed by atoms with van der Waals surface area (Å²) >= 11 is 0. The number of amides is 2. The predicted molar refractivity (Wildman–Crippen MR) is 79.0 cm³/mol. The molecule has 1 heterocycles. The fraction of sp³-hybridized carbons (Fsp3) is 0.467. The molecule has 6 heteroatoms. The van der Waals surface area contributed by atoms with Crippen LogP contribution in [-0.4, -0.2) is 29.8 Å². The number of benzene rings is 1. The molecule has 1 aliphatic rings. The van der Waals surface area contributed by atoms with Gasteiger partial charge in [0, 0.05) is 13.0 Å². The first-order chi connectivity index (χ1) is 9.95. The maximum atomic E-state index is 12.9. The van der Waals surface area contributed by atoms with Crippen LogP contribution < -0.4 is 11.1 Å². The Morgan fingerprint density at radius 2 is 2.24 bits per heavy atom. The smallest absolute Gasteiger partial charge is 0.244 e. The number of carbonyl (C=O) groups is 2. The van der Waals surface area contributed by atoms with Crippen molar-refractivity contribution in [3.63, 3.8) is 0 Å². The summed E-state index contributed by atoms with van der Waals surface area (Å²) in [6.07, 6.45) is 2.24. The molecule has 2 rings (SSSR count). The Hall–Kier alpha value is -2.11. The van der Waals surface area contributed by atoms with Crippen molar-refractivity contribution in [2.75, 3.05) is 24.1 Å². The molecule has 1 unspecified atom stereocenters. The third kappa shape index (κ3) is 4.18. The van der Waals surface area contributed by atoms with Crippen LogP contribution in [0.15, 0.2) is 18.2 Å². The van der Waals surface area contributed by atoms with Crippen molar-refractivity contribution in [2.24, 2.45) is 5.92 Å². The lowest BCUT2D eigenvalue weighted by atomic mass is 10.0. The summed E-state index contributed by atoms with van der Waals surface area (Å²) in [6, 6.07) is 3.79. The fourth-order valence-corrected chi connectivity index (χ4v) is 2.35. The number of nitrogens with one attached hydrogen (secondary N) is 1. The van der Waals surface area contributed by atoms with E-state index in [2.05, 4.69) is 12.2 Å². The van der Waals surface area contributed by atoms with E-state index in [4.69, 9.17) is 5.73 Å².